The zero-order chi connectivity index (χ0) is 18.7. The van der Waals surface area contributed by atoms with Crippen molar-refractivity contribution in [3.8, 4) is 11.3 Å². The van der Waals surface area contributed by atoms with Crippen LogP contribution >= 0.6 is 0 Å². The molecule has 0 aliphatic heterocycles. The maximum atomic E-state index is 14.2. The summed E-state index contributed by atoms with van der Waals surface area (Å²) in [4.78, 5) is 28.2. The van der Waals surface area contributed by atoms with Crippen LogP contribution < -0.4 is 5.32 Å². The molecule has 0 saturated carbocycles. The number of pyridine rings is 1. The molecule has 7 nitrogen and oxygen atoms in total. The Labute approximate surface area is 148 Å². The van der Waals surface area contributed by atoms with E-state index in [-0.39, 0.29) is 41.1 Å². The summed E-state index contributed by atoms with van der Waals surface area (Å²) in [5.74, 6) is -1.59. The number of esters is 1. The molecule has 3 aromatic rings. The van der Waals surface area contributed by atoms with Gasteiger partial charge in [-0.05, 0) is 32.0 Å². The number of hydrogen-bond acceptors (Lipinski definition) is 6. The quantitative estimate of drug-likeness (QED) is 0.706. The summed E-state index contributed by atoms with van der Waals surface area (Å²) >= 11 is 0. The second-order valence-electron chi connectivity index (χ2n) is 5.49. The van der Waals surface area contributed by atoms with Gasteiger partial charge in [0.2, 0.25) is 0 Å². The second-order valence-corrected chi connectivity index (χ2v) is 5.49. The number of nitrogens with one attached hydrogen (secondary N) is 1. The van der Waals surface area contributed by atoms with Crippen LogP contribution in [-0.4, -0.2) is 35.2 Å². The maximum Gasteiger partial charge on any atom is 0.325 e. The summed E-state index contributed by atoms with van der Waals surface area (Å²) in [7, 11) is 0. The Morgan fingerprint density at radius 1 is 1.31 bits per heavy atom. The van der Waals surface area contributed by atoms with Crippen LogP contribution in [0, 0.1) is 12.7 Å². The number of aryl methyl sites for hydroxylation is 1. The number of aromatic nitrogens is 2. The Bertz CT molecular complexity index is 984. The fraction of sp³-hybridized carbons (Fsp3) is 0.222. The van der Waals surface area contributed by atoms with E-state index in [4.69, 9.17) is 9.26 Å². The normalized spacial score (nSPS) is 10.7. The van der Waals surface area contributed by atoms with E-state index in [1.165, 1.54) is 18.2 Å². The molecule has 1 N–H and O–H groups in total. The number of rotatable bonds is 5. The molecule has 0 fully saturated rings. The number of carbonyl (C=O) groups is 2. The molecule has 1 aromatic carbocycles. The first-order chi connectivity index (χ1) is 12.5. The fourth-order valence-corrected chi connectivity index (χ4v) is 2.55. The van der Waals surface area contributed by atoms with Crippen molar-refractivity contribution in [2.24, 2.45) is 0 Å². The van der Waals surface area contributed by atoms with Gasteiger partial charge in [-0.15, -0.1) is 0 Å². The molecule has 26 heavy (non-hydrogen) atoms. The van der Waals surface area contributed by atoms with Crippen LogP contribution in [-0.2, 0) is 9.53 Å². The van der Waals surface area contributed by atoms with Gasteiger partial charge in [-0.25, -0.2) is 9.37 Å². The number of halogens is 1. The Kier molecular flexibility index (Phi) is 4.92. The minimum absolute atomic E-state index is 0.115. The number of ether oxygens (including phenoxy) is 1. The van der Waals surface area contributed by atoms with Crippen LogP contribution in [0.2, 0.25) is 0 Å². The fourth-order valence-electron chi connectivity index (χ4n) is 2.55. The van der Waals surface area contributed by atoms with Gasteiger partial charge in [-0.2, -0.15) is 0 Å². The van der Waals surface area contributed by atoms with Crippen LogP contribution in [0.5, 0.6) is 0 Å². The number of amides is 1. The molecule has 3 rings (SSSR count). The van der Waals surface area contributed by atoms with Crippen LogP contribution in [0.4, 0.5) is 4.39 Å². The average Bonchev–Trinajstić information content (AvgIpc) is 3.03. The number of nitrogens with zero attached hydrogens (tertiary/aromatic N) is 2. The molecule has 2 aromatic heterocycles. The van der Waals surface area contributed by atoms with E-state index in [0.717, 1.165) is 0 Å². The lowest BCUT2D eigenvalue weighted by molar-refractivity contribution is -0.141. The highest BCUT2D eigenvalue weighted by molar-refractivity contribution is 6.10. The van der Waals surface area contributed by atoms with E-state index in [9.17, 15) is 14.0 Å². The van der Waals surface area contributed by atoms with Crippen LogP contribution in [0.3, 0.4) is 0 Å². The van der Waals surface area contributed by atoms with Gasteiger partial charge in [-0.1, -0.05) is 17.3 Å². The van der Waals surface area contributed by atoms with Crippen molar-refractivity contribution < 1.29 is 23.2 Å². The Balaban J connectivity index is 2.05. The third-order valence-corrected chi connectivity index (χ3v) is 3.65. The van der Waals surface area contributed by atoms with Gasteiger partial charge in [0, 0.05) is 11.3 Å². The average molecular weight is 357 g/mol. The first kappa shape index (κ1) is 17.5. The molecular weight excluding hydrogens is 341 g/mol. The zero-order valence-electron chi connectivity index (χ0n) is 14.2. The molecule has 8 heteroatoms. The molecule has 0 unspecified atom stereocenters. The molecule has 2 heterocycles. The largest absolute Gasteiger partial charge is 0.465 e. The van der Waals surface area contributed by atoms with E-state index in [1.54, 1.807) is 26.0 Å². The Hall–Kier alpha value is -3.29. The first-order valence-corrected chi connectivity index (χ1v) is 7.97. The minimum Gasteiger partial charge on any atom is -0.465 e. The van der Waals surface area contributed by atoms with Gasteiger partial charge in [0.15, 0.2) is 0 Å². The molecule has 0 radical (unpaired) electrons. The number of fused-ring (bicyclic) bond motifs is 1. The van der Waals surface area contributed by atoms with Crippen LogP contribution in [0.25, 0.3) is 22.4 Å². The molecule has 0 saturated heterocycles. The van der Waals surface area contributed by atoms with E-state index in [2.05, 4.69) is 15.5 Å². The maximum absolute atomic E-state index is 14.2. The standard InChI is InChI=1S/C18H16FN3O4/c1-3-25-14(23)9-20-17(24)12-8-10(2)21-18-15(12)16(22-26-18)11-6-4-5-7-13(11)19/h4-8H,3,9H2,1-2H3,(H,20,24). The summed E-state index contributed by atoms with van der Waals surface area (Å²) < 4.78 is 24.1. The molecule has 0 bridgehead atoms. The van der Waals surface area contributed by atoms with Gasteiger partial charge < -0.3 is 14.6 Å². The van der Waals surface area contributed by atoms with Crippen molar-refractivity contribution >= 4 is 23.0 Å². The van der Waals surface area contributed by atoms with E-state index >= 15 is 0 Å². The Morgan fingerprint density at radius 3 is 2.81 bits per heavy atom. The van der Waals surface area contributed by atoms with Crippen molar-refractivity contribution in [2.75, 3.05) is 13.2 Å². The predicted octanol–water partition coefficient (Wildman–Crippen LogP) is 2.63. The highest BCUT2D eigenvalue weighted by Gasteiger charge is 2.22. The third-order valence-electron chi connectivity index (χ3n) is 3.65. The van der Waals surface area contributed by atoms with Crippen molar-refractivity contribution in [1.29, 1.82) is 0 Å². The highest BCUT2D eigenvalue weighted by atomic mass is 19.1. The van der Waals surface area contributed by atoms with Crippen molar-refractivity contribution in [2.45, 2.75) is 13.8 Å². The second kappa shape index (κ2) is 7.30. The summed E-state index contributed by atoms with van der Waals surface area (Å²) in [5.41, 5.74) is 1.19. The summed E-state index contributed by atoms with van der Waals surface area (Å²) in [6.45, 7) is 3.30. The van der Waals surface area contributed by atoms with Gasteiger partial charge in [-0.3, -0.25) is 9.59 Å². The van der Waals surface area contributed by atoms with Crippen LogP contribution in [0.1, 0.15) is 23.0 Å². The smallest absolute Gasteiger partial charge is 0.325 e. The van der Waals surface area contributed by atoms with Crippen molar-refractivity contribution in [3.63, 3.8) is 0 Å². The SMILES string of the molecule is CCOC(=O)CNC(=O)c1cc(C)nc2onc(-c3ccccc3F)c12. The lowest BCUT2D eigenvalue weighted by atomic mass is 10.0. The molecule has 0 spiro atoms. The van der Waals surface area contributed by atoms with E-state index in [1.807, 2.05) is 0 Å². The van der Waals surface area contributed by atoms with Crippen molar-refractivity contribution in [3.05, 3.63) is 47.4 Å². The Morgan fingerprint density at radius 2 is 2.08 bits per heavy atom. The van der Waals surface area contributed by atoms with Crippen LogP contribution in [0.15, 0.2) is 34.9 Å². The molecule has 0 aliphatic rings. The molecule has 134 valence electrons. The lowest BCUT2D eigenvalue weighted by Crippen LogP contribution is -2.30. The van der Waals surface area contributed by atoms with Gasteiger partial charge in [0.05, 0.1) is 17.6 Å². The minimum atomic E-state index is -0.553. The predicted molar refractivity (Wildman–Crippen MR) is 90.9 cm³/mol. The summed E-state index contributed by atoms with van der Waals surface area (Å²) in [6.07, 6.45) is 0. The summed E-state index contributed by atoms with van der Waals surface area (Å²) in [6, 6.07) is 7.56. The highest BCUT2D eigenvalue weighted by Crippen LogP contribution is 2.31. The zero-order valence-corrected chi connectivity index (χ0v) is 14.2. The van der Waals surface area contributed by atoms with E-state index < -0.39 is 17.7 Å². The van der Waals surface area contributed by atoms with Gasteiger partial charge >= 0.3 is 5.97 Å². The summed E-state index contributed by atoms with van der Waals surface area (Å²) in [5, 5.41) is 6.65. The lowest BCUT2D eigenvalue weighted by Gasteiger charge is -2.07. The molecule has 0 atom stereocenters. The number of benzene rings is 1. The van der Waals surface area contributed by atoms with Crippen molar-refractivity contribution in [1.82, 2.24) is 15.5 Å². The molecular formula is C18H16FN3O4. The topological polar surface area (TPSA) is 94.3 Å². The van der Waals surface area contributed by atoms with Gasteiger partial charge in [0.25, 0.3) is 11.6 Å². The van der Waals surface area contributed by atoms with Gasteiger partial charge in [0.1, 0.15) is 18.1 Å². The molecule has 0 aliphatic carbocycles. The monoisotopic (exact) mass is 357 g/mol. The molecule has 1 amide bonds. The van der Waals surface area contributed by atoms with E-state index in [0.29, 0.717) is 5.69 Å². The number of carbonyl (C=O) groups excluding carboxylic acids is 2. The first-order valence-electron chi connectivity index (χ1n) is 7.97. The third kappa shape index (κ3) is 3.39. The number of hydrogen-bond donors (Lipinski definition) is 1.